The van der Waals surface area contributed by atoms with Crippen molar-refractivity contribution in [2.45, 2.75) is 26.1 Å². The van der Waals surface area contributed by atoms with Gasteiger partial charge in [0.2, 0.25) is 0 Å². The van der Waals surface area contributed by atoms with Gasteiger partial charge in [0.15, 0.2) is 0 Å². The summed E-state index contributed by atoms with van der Waals surface area (Å²) in [5, 5.41) is 7.25. The standard InChI is InChI=1S/C8H13FN4O/c9-2-1-4-13-8(14)12-5-3-10-6-7(12)11-13/h10H,1-6H2. The van der Waals surface area contributed by atoms with Crippen molar-refractivity contribution in [3.05, 3.63) is 16.3 Å². The monoisotopic (exact) mass is 200 g/mol. The molecule has 1 N–H and O–H groups in total. The van der Waals surface area contributed by atoms with Crippen LogP contribution in [0.4, 0.5) is 4.39 Å². The van der Waals surface area contributed by atoms with E-state index in [1.807, 2.05) is 0 Å². The predicted molar refractivity (Wildman–Crippen MR) is 48.8 cm³/mol. The number of nitrogens with one attached hydrogen (secondary N) is 1. The zero-order valence-corrected chi connectivity index (χ0v) is 7.87. The second-order valence-corrected chi connectivity index (χ2v) is 3.29. The van der Waals surface area contributed by atoms with Gasteiger partial charge in [-0.1, -0.05) is 0 Å². The van der Waals surface area contributed by atoms with Crippen molar-refractivity contribution in [3.63, 3.8) is 0 Å². The van der Waals surface area contributed by atoms with Crippen molar-refractivity contribution in [3.8, 4) is 0 Å². The smallest absolute Gasteiger partial charge is 0.308 e. The van der Waals surface area contributed by atoms with Crippen LogP contribution in [0.15, 0.2) is 4.79 Å². The van der Waals surface area contributed by atoms with Crippen LogP contribution in [0.5, 0.6) is 0 Å². The Morgan fingerprint density at radius 1 is 1.57 bits per heavy atom. The van der Waals surface area contributed by atoms with Crippen molar-refractivity contribution in [1.29, 1.82) is 0 Å². The lowest BCUT2D eigenvalue weighted by atomic mass is 10.4. The summed E-state index contributed by atoms with van der Waals surface area (Å²) in [6.45, 7) is 2.03. The number of nitrogens with zero attached hydrogens (tertiary/aromatic N) is 3. The molecular weight excluding hydrogens is 187 g/mol. The summed E-state index contributed by atoms with van der Waals surface area (Å²) in [7, 11) is 0. The van der Waals surface area contributed by atoms with Gasteiger partial charge in [0, 0.05) is 19.6 Å². The largest absolute Gasteiger partial charge is 0.345 e. The van der Waals surface area contributed by atoms with Gasteiger partial charge < -0.3 is 5.32 Å². The third-order valence-corrected chi connectivity index (χ3v) is 2.30. The quantitative estimate of drug-likeness (QED) is 0.716. The van der Waals surface area contributed by atoms with Crippen LogP contribution in [0.2, 0.25) is 0 Å². The molecule has 0 unspecified atom stereocenters. The Hall–Kier alpha value is -1.17. The minimum absolute atomic E-state index is 0.116. The molecule has 0 aliphatic carbocycles. The van der Waals surface area contributed by atoms with Crippen LogP contribution in [0.1, 0.15) is 12.2 Å². The topological polar surface area (TPSA) is 51.9 Å². The van der Waals surface area contributed by atoms with Crippen LogP contribution in [0.3, 0.4) is 0 Å². The molecule has 1 aliphatic heterocycles. The molecule has 14 heavy (non-hydrogen) atoms. The fourth-order valence-corrected chi connectivity index (χ4v) is 1.59. The molecule has 2 rings (SSSR count). The van der Waals surface area contributed by atoms with Gasteiger partial charge in [-0.3, -0.25) is 8.96 Å². The molecule has 0 aromatic carbocycles. The minimum Gasteiger partial charge on any atom is -0.308 e. The molecule has 6 heteroatoms. The number of halogens is 1. The zero-order valence-electron chi connectivity index (χ0n) is 7.87. The maximum Gasteiger partial charge on any atom is 0.345 e. The number of hydrogen-bond donors (Lipinski definition) is 1. The summed E-state index contributed by atoms with van der Waals surface area (Å²) in [4.78, 5) is 11.6. The van der Waals surface area contributed by atoms with Gasteiger partial charge in [0.25, 0.3) is 0 Å². The van der Waals surface area contributed by atoms with Gasteiger partial charge in [-0.2, -0.15) is 5.10 Å². The van der Waals surface area contributed by atoms with E-state index in [1.54, 1.807) is 4.57 Å². The lowest BCUT2D eigenvalue weighted by Crippen LogP contribution is -2.34. The number of hydrogen-bond acceptors (Lipinski definition) is 3. The normalized spacial score (nSPS) is 15.5. The Morgan fingerprint density at radius 2 is 2.43 bits per heavy atom. The lowest BCUT2D eigenvalue weighted by Gasteiger charge is -2.11. The van der Waals surface area contributed by atoms with E-state index in [0.29, 0.717) is 26.1 Å². The molecule has 0 radical (unpaired) electrons. The van der Waals surface area contributed by atoms with Gasteiger partial charge in [0.05, 0.1) is 13.2 Å². The Kier molecular flexibility index (Phi) is 2.62. The van der Waals surface area contributed by atoms with Crippen molar-refractivity contribution in [1.82, 2.24) is 19.7 Å². The number of alkyl halides is 1. The summed E-state index contributed by atoms with van der Waals surface area (Å²) < 4.78 is 14.9. The average Bonchev–Trinajstić information content (AvgIpc) is 2.54. The number of aryl methyl sites for hydroxylation is 1. The van der Waals surface area contributed by atoms with Gasteiger partial charge in [-0.25, -0.2) is 9.48 Å². The van der Waals surface area contributed by atoms with Crippen molar-refractivity contribution in [2.75, 3.05) is 13.2 Å². The first-order chi connectivity index (χ1) is 6.83. The molecule has 0 fully saturated rings. The van der Waals surface area contributed by atoms with E-state index < -0.39 is 6.67 Å². The number of fused-ring (bicyclic) bond motifs is 1. The first-order valence-electron chi connectivity index (χ1n) is 4.76. The summed E-state index contributed by atoms with van der Waals surface area (Å²) in [6, 6.07) is 0. The van der Waals surface area contributed by atoms with Gasteiger partial charge in [0.1, 0.15) is 5.82 Å². The van der Waals surface area contributed by atoms with Crippen LogP contribution in [-0.2, 0) is 19.6 Å². The summed E-state index contributed by atoms with van der Waals surface area (Å²) in [5.41, 5.74) is -0.116. The van der Waals surface area contributed by atoms with Crippen molar-refractivity contribution >= 4 is 0 Å². The second-order valence-electron chi connectivity index (χ2n) is 3.29. The highest BCUT2D eigenvalue weighted by atomic mass is 19.1. The molecule has 0 saturated heterocycles. The molecule has 0 bridgehead atoms. The molecule has 1 aliphatic rings. The first-order valence-corrected chi connectivity index (χ1v) is 4.76. The number of aromatic nitrogens is 3. The van der Waals surface area contributed by atoms with Gasteiger partial charge >= 0.3 is 5.69 Å². The maximum absolute atomic E-state index is 11.9. The summed E-state index contributed by atoms with van der Waals surface area (Å²) >= 11 is 0. The Labute approximate surface area is 80.5 Å². The molecule has 1 aromatic rings. The van der Waals surface area contributed by atoms with Crippen molar-refractivity contribution in [2.24, 2.45) is 0 Å². The average molecular weight is 200 g/mol. The van der Waals surface area contributed by atoms with Crippen LogP contribution in [0.25, 0.3) is 0 Å². The van der Waals surface area contributed by atoms with E-state index in [9.17, 15) is 9.18 Å². The lowest BCUT2D eigenvalue weighted by molar-refractivity contribution is 0.428. The minimum atomic E-state index is -0.410. The third-order valence-electron chi connectivity index (χ3n) is 2.30. The van der Waals surface area contributed by atoms with Crippen LogP contribution < -0.4 is 11.0 Å². The summed E-state index contributed by atoms with van der Waals surface area (Å²) in [5.74, 6) is 0.750. The molecule has 1 aromatic heterocycles. The molecular formula is C8H13FN4O. The van der Waals surface area contributed by atoms with E-state index in [-0.39, 0.29) is 5.69 Å². The summed E-state index contributed by atoms with van der Waals surface area (Å²) in [6.07, 6.45) is 0.351. The molecule has 0 atom stereocenters. The van der Waals surface area contributed by atoms with E-state index in [4.69, 9.17) is 0 Å². The second kappa shape index (κ2) is 3.91. The van der Waals surface area contributed by atoms with Crippen LogP contribution >= 0.6 is 0 Å². The van der Waals surface area contributed by atoms with Gasteiger partial charge in [-0.05, 0) is 6.42 Å². The van der Waals surface area contributed by atoms with Crippen molar-refractivity contribution < 1.29 is 4.39 Å². The third kappa shape index (κ3) is 1.57. The molecule has 2 heterocycles. The van der Waals surface area contributed by atoms with E-state index >= 15 is 0 Å². The zero-order chi connectivity index (χ0) is 9.97. The highest BCUT2D eigenvalue weighted by Gasteiger charge is 2.15. The first kappa shape index (κ1) is 9.39. The van der Waals surface area contributed by atoms with E-state index in [0.717, 1.165) is 12.4 Å². The molecule has 0 amide bonds. The van der Waals surface area contributed by atoms with E-state index in [1.165, 1.54) is 4.68 Å². The SMILES string of the molecule is O=c1n(CCCF)nc2n1CCNC2. The fourth-order valence-electron chi connectivity index (χ4n) is 1.59. The Balaban J connectivity index is 2.25. The highest BCUT2D eigenvalue weighted by molar-refractivity contribution is 4.90. The molecule has 5 nitrogen and oxygen atoms in total. The molecule has 0 saturated carbocycles. The maximum atomic E-state index is 11.9. The Morgan fingerprint density at radius 3 is 3.14 bits per heavy atom. The van der Waals surface area contributed by atoms with Gasteiger partial charge in [-0.15, -0.1) is 0 Å². The molecule has 0 spiro atoms. The predicted octanol–water partition coefficient (Wildman–Crippen LogP) is -0.492. The van der Waals surface area contributed by atoms with Crippen LogP contribution in [0, 0.1) is 0 Å². The van der Waals surface area contributed by atoms with E-state index in [2.05, 4.69) is 10.4 Å². The number of rotatable bonds is 3. The highest BCUT2D eigenvalue weighted by Crippen LogP contribution is 1.98. The molecule has 78 valence electrons. The fraction of sp³-hybridized carbons (Fsp3) is 0.750. The Bertz CT molecular complexity index is 370. The van der Waals surface area contributed by atoms with Crippen LogP contribution in [-0.4, -0.2) is 27.6 Å².